The molecule has 0 saturated carbocycles. The molecule has 1 aromatic carbocycles. The first-order chi connectivity index (χ1) is 13.0. The first-order valence-electron chi connectivity index (χ1n) is 8.60. The van der Waals surface area contributed by atoms with E-state index < -0.39 is 0 Å². The Morgan fingerprint density at radius 1 is 1.30 bits per heavy atom. The van der Waals surface area contributed by atoms with Crippen LogP contribution in [0.25, 0.3) is 11.6 Å². The van der Waals surface area contributed by atoms with Crippen molar-refractivity contribution in [2.75, 3.05) is 18.1 Å². The second kappa shape index (κ2) is 7.07. The van der Waals surface area contributed by atoms with E-state index in [4.69, 9.17) is 4.52 Å². The highest BCUT2D eigenvalue weighted by molar-refractivity contribution is 7.98. The van der Waals surface area contributed by atoms with E-state index in [0.29, 0.717) is 30.5 Å². The van der Waals surface area contributed by atoms with Crippen LogP contribution in [0.3, 0.4) is 0 Å². The van der Waals surface area contributed by atoms with E-state index in [1.807, 2.05) is 42.3 Å². The second-order valence-electron chi connectivity index (χ2n) is 6.37. The molecule has 140 valence electrons. The van der Waals surface area contributed by atoms with Gasteiger partial charge >= 0.3 is 6.03 Å². The van der Waals surface area contributed by atoms with E-state index in [1.54, 1.807) is 23.6 Å². The third-order valence-corrected chi connectivity index (χ3v) is 5.34. The van der Waals surface area contributed by atoms with Crippen LogP contribution in [-0.2, 0) is 20.0 Å². The van der Waals surface area contributed by atoms with Crippen LogP contribution in [-0.4, -0.2) is 43.7 Å². The van der Waals surface area contributed by atoms with Crippen LogP contribution < -0.4 is 5.32 Å². The van der Waals surface area contributed by atoms with Crippen molar-refractivity contribution in [1.82, 2.24) is 24.8 Å². The summed E-state index contributed by atoms with van der Waals surface area (Å²) in [4.78, 5) is 19.9. The normalized spacial score (nSPS) is 13.5. The van der Waals surface area contributed by atoms with Gasteiger partial charge in [0.25, 0.3) is 5.89 Å². The van der Waals surface area contributed by atoms with E-state index >= 15 is 0 Å². The zero-order chi connectivity index (χ0) is 19.0. The summed E-state index contributed by atoms with van der Waals surface area (Å²) in [5.74, 6) is 0.947. The lowest BCUT2D eigenvalue weighted by atomic mass is 10.1. The molecule has 27 heavy (non-hydrogen) atoms. The fourth-order valence-electron chi connectivity index (χ4n) is 3.21. The Kier molecular flexibility index (Phi) is 4.61. The smallest absolute Gasteiger partial charge is 0.322 e. The monoisotopic (exact) mass is 384 g/mol. The van der Waals surface area contributed by atoms with E-state index in [-0.39, 0.29) is 6.03 Å². The molecule has 0 unspecified atom stereocenters. The molecule has 3 aromatic rings. The Bertz CT molecular complexity index is 978. The van der Waals surface area contributed by atoms with Gasteiger partial charge in [-0.3, -0.25) is 4.68 Å². The number of nitrogens with zero attached hydrogens (tertiary/aromatic N) is 5. The Hall–Kier alpha value is -2.81. The van der Waals surface area contributed by atoms with Crippen LogP contribution in [0.2, 0.25) is 0 Å². The number of carbonyl (C=O) groups excluding carboxylic acids is 1. The third-order valence-electron chi connectivity index (χ3n) is 4.60. The minimum Gasteiger partial charge on any atom is -0.332 e. The maximum atomic E-state index is 12.7. The number of anilines is 1. The van der Waals surface area contributed by atoms with E-state index in [2.05, 4.69) is 20.6 Å². The number of hydrogen-bond acceptors (Lipinski definition) is 6. The topological polar surface area (TPSA) is 89.1 Å². The molecule has 4 rings (SSSR count). The lowest BCUT2D eigenvalue weighted by Crippen LogP contribution is -2.39. The highest BCUT2D eigenvalue weighted by atomic mass is 32.2. The highest BCUT2D eigenvalue weighted by Gasteiger charge is 2.29. The molecule has 0 aliphatic carbocycles. The van der Waals surface area contributed by atoms with Crippen LogP contribution in [0.4, 0.5) is 10.5 Å². The van der Waals surface area contributed by atoms with Crippen molar-refractivity contribution in [1.29, 1.82) is 0 Å². The predicted molar refractivity (Wildman–Crippen MR) is 103 cm³/mol. The van der Waals surface area contributed by atoms with Crippen molar-refractivity contribution >= 4 is 23.5 Å². The molecule has 0 fully saturated rings. The van der Waals surface area contributed by atoms with E-state index in [1.165, 1.54) is 0 Å². The molecule has 3 heterocycles. The van der Waals surface area contributed by atoms with Gasteiger partial charge in [0, 0.05) is 41.9 Å². The minimum absolute atomic E-state index is 0.130. The Morgan fingerprint density at radius 3 is 2.74 bits per heavy atom. The number of rotatable bonds is 3. The van der Waals surface area contributed by atoms with Gasteiger partial charge in [0.15, 0.2) is 11.5 Å². The van der Waals surface area contributed by atoms with Crippen molar-refractivity contribution in [3.63, 3.8) is 0 Å². The number of aryl methyl sites for hydroxylation is 2. The standard InChI is InChI=1S/C18H20N6O2S/c1-11-19-17(26-22-11)16-14-10-24(9-8-15(14)23(2)21-16)18(25)20-12-4-6-13(27-3)7-5-12/h4-7H,8-10H2,1-3H3,(H,20,25). The maximum Gasteiger partial charge on any atom is 0.322 e. The average Bonchev–Trinajstić information content (AvgIpc) is 3.25. The molecule has 8 nitrogen and oxygen atoms in total. The Morgan fingerprint density at radius 2 is 2.07 bits per heavy atom. The van der Waals surface area contributed by atoms with Gasteiger partial charge in [0.1, 0.15) is 0 Å². The molecule has 2 aromatic heterocycles. The molecule has 0 spiro atoms. The quantitative estimate of drug-likeness (QED) is 0.698. The van der Waals surface area contributed by atoms with Crippen molar-refractivity contribution in [2.45, 2.75) is 24.8 Å². The molecule has 1 N–H and O–H groups in total. The number of urea groups is 1. The summed E-state index contributed by atoms with van der Waals surface area (Å²) in [5, 5.41) is 11.3. The largest absolute Gasteiger partial charge is 0.332 e. The van der Waals surface area contributed by atoms with Crippen LogP contribution in [0.15, 0.2) is 33.7 Å². The summed E-state index contributed by atoms with van der Waals surface area (Å²) in [6.07, 6.45) is 2.75. The van der Waals surface area contributed by atoms with Crippen LogP contribution in [0.5, 0.6) is 0 Å². The summed E-state index contributed by atoms with van der Waals surface area (Å²) < 4.78 is 7.12. The third kappa shape index (κ3) is 3.42. The zero-order valence-electron chi connectivity index (χ0n) is 15.4. The van der Waals surface area contributed by atoms with Gasteiger partial charge in [-0.2, -0.15) is 10.1 Å². The number of thioether (sulfide) groups is 1. The predicted octanol–water partition coefficient (Wildman–Crippen LogP) is 3.09. The summed E-state index contributed by atoms with van der Waals surface area (Å²) in [6.45, 7) is 2.85. The number of hydrogen-bond donors (Lipinski definition) is 1. The summed E-state index contributed by atoms with van der Waals surface area (Å²) >= 11 is 1.67. The molecule has 0 atom stereocenters. The summed E-state index contributed by atoms with van der Waals surface area (Å²) in [7, 11) is 1.90. The van der Waals surface area contributed by atoms with Crippen molar-refractivity contribution in [3.8, 4) is 11.6 Å². The number of nitrogens with one attached hydrogen (secondary N) is 1. The van der Waals surface area contributed by atoms with Gasteiger partial charge in [-0.25, -0.2) is 4.79 Å². The van der Waals surface area contributed by atoms with Crippen molar-refractivity contribution in [2.24, 2.45) is 7.05 Å². The highest BCUT2D eigenvalue weighted by Crippen LogP contribution is 2.29. The first-order valence-corrected chi connectivity index (χ1v) is 9.83. The number of fused-ring (bicyclic) bond motifs is 1. The molecule has 0 radical (unpaired) electrons. The molecule has 2 amide bonds. The second-order valence-corrected chi connectivity index (χ2v) is 7.25. The fourth-order valence-corrected chi connectivity index (χ4v) is 3.62. The van der Waals surface area contributed by atoms with Crippen molar-refractivity contribution in [3.05, 3.63) is 41.3 Å². The molecule has 0 bridgehead atoms. The van der Waals surface area contributed by atoms with Gasteiger partial charge in [0.2, 0.25) is 0 Å². The van der Waals surface area contributed by atoms with Gasteiger partial charge in [-0.1, -0.05) is 5.16 Å². The van der Waals surface area contributed by atoms with Crippen LogP contribution in [0, 0.1) is 6.92 Å². The lowest BCUT2D eigenvalue weighted by molar-refractivity contribution is 0.206. The molecular weight excluding hydrogens is 364 g/mol. The van der Waals surface area contributed by atoms with Crippen molar-refractivity contribution < 1.29 is 9.32 Å². The number of benzene rings is 1. The number of carbonyl (C=O) groups is 1. The Balaban J connectivity index is 1.54. The average molecular weight is 384 g/mol. The van der Waals surface area contributed by atoms with E-state index in [0.717, 1.165) is 28.3 Å². The van der Waals surface area contributed by atoms with E-state index in [9.17, 15) is 4.79 Å². The number of amides is 2. The molecule has 0 saturated heterocycles. The van der Waals surface area contributed by atoms with Crippen LogP contribution in [0.1, 0.15) is 17.1 Å². The fraction of sp³-hybridized carbons (Fsp3) is 0.333. The Labute approximate surface area is 160 Å². The molecular formula is C18H20N6O2S. The van der Waals surface area contributed by atoms with Gasteiger partial charge in [-0.15, -0.1) is 11.8 Å². The molecule has 1 aliphatic heterocycles. The maximum absolute atomic E-state index is 12.7. The van der Waals surface area contributed by atoms with Gasteiger partial charge in [-0.05, 0) is 37.4 Å². The zero-order valence-corrected chi connectivity index (χ0v) is 16.2. The van der Waals surface area contributed by atoms with Gasteiger partial charge in [0.05, 0.1) is 6.54 Å². The van der Waals surface area contributed by atoms with Crippen LogP contribution >= 0.6 is 11.8 Å². The first kappa shape index (κ1) is 17.6. The lowest BCUT2D eigenvalue weighted by Gasteiger charge is -2.27. The summed E-state index contributed by atoms with van der Waals surface area (Å²) in [5.41, 5.74) is 3.48. The molecule has 1 aliphatic rings. The molecule has 9 heteroatoms. The SMILES string of the molecule is CSc1ccc(NC(=O)N2CCc3c(c(-c4nc(C)no4)nn3C)C2)cc1. The summed E-state index contributed by atoms with van der Waals surface area (Å²) in [6, 6.07) is 7.68. The minimum atomic E-state index is -0.130. The van der Waals surface area contributed by atoms with Gasteiger partial charge < -0.3 is 14.7 Å². The number of aromatic nitrogens is 4.